The Balaban J connectivity index is 1.79. The molecule has 0 spiro atoms. The molecule has 1 fully saturated rings. The lowest BCUT2D eigenvalue weighted by Crippen LogP contribution is -2.31. The van der Waals surface area contributed by atoms with Crippen molar-refractivity contribution in [3.05, 3.63) is 32.0 Å². The molecule has 0 radical (unpaired) electrons. The molecule has 0 N–H and O–H groups in total. The first-order chi connectivity index (χ1) is 12.5. The van der Waals surface area contributed by atoms with Gasteiger partial charge in [-0.05, 0) is 12.1 Å². The van der Waals surface area contributed by atoms with E-state index in [4.69, 9.17) is 26.4 Å². The summed E-state index contributed by atoms with van der Waals surface area (Å²) < 4.78 is 16.0. The van der Waals surface area contributed by atoms with E-state index in [1.165, 1.54) is 22.7 Å². The van der Waals surface area contributed by atoms with Crippen LogP contribution in [0.4, 0.5) is 5.00 Å². The van der Waals surface area contributed by atoms with Crippen molar-refractivity contribution in [3.8, 4) is 0 Å². The van der Waals surface area contributed by atoms with E-state index in [0.717, 1.165) is 11.3 Å². The molecule has 1 amide bonds. The number of carbonyl (C=O) groups excluding carboxylic acids is 1. The van der Waals surface area contributed by atoms with Gasteiger partial charge in [-0.15, -0.1) is 0 Å². The lowest BCUT2D eigenvalue weighted by molar-refractivity contribution is -0.380. The average molecular weight is 419 g/mol. The summed E-state index contributed by atoms with van der Waals surface area (Å²) in [4.78, 5) is 25.3. The number of carbonyl (C=O) groups is 1. The lowest BCUT2D eigenvalue weighted by atomic mass is 10.3. The van der Waals surface area contributed by atoms with Gasteiger partial charge in [-0.25, -0.2) is 0 Å². The molecule has 1 aliphatic heterocycles. The number of thioether (sulfide) groups is 1. The molecule has 26 heavy (non-hydrogen) atoms. The molecular weight excluding hydrogens is 400 g/mol. The van der Waals surface area contributed by atoms with Crippen LogP contribution >= 0.6 is 35.3 Å². The minimum absolute atomic E-state index is 0.0350. The van der Waals surface area contributed by atoms with Crippen LogP contribution in [0.3, 0.4) is 0 Å². The Hall–Kier alpha value is -1.37. The van der Waals surface area contributed by atoms with Crippen LogP contribution in [-0.2, 0) is 19.0 Å². The Morgan fingerprint density at radius 1 is 1.23 bits per heavy atom. The van der Waals surface area contributed by atoms with E-state index >= 15 is 0 Å². The molecule has 0 bridgehead atoms. The van der Waals surface area contributed by atoms with Crippen LogP contribution < -0.4 is 0 Å². The second kappa shape index (κ2) is 10.7. The molecule has 0 atom stereocenters. The molecule has 0 unspecified atom stereocenters. The van der Waals surface area contributed by atoms with Gasteiger partial charge in [0, 0.05) is 18.1 Å². The lowest BCUT2D eigenvalue weighted by Gasteiger charge is -2.14. The van der Waals surface area contributed by atoms with Crippen molar-refractivity contribution in [2.45, 2.75) is 0 Å². The van der Waals surface area contributed by atoms with Gasteiger partial charge in [0.15, 0.2) is 0 Å². The van der Waals surface area contributed by atoms with E-state index in [0.29, 0.717) is 53.7 Å². The highest BCUT2D eigenvalue weighted by Crippen LogP contribution is 2.34. The topological polar surface area (TPSA) is 91.1 Å². The van der Waals surface area contributed by atoms with Gasteiger partial charge in [-0.2, -0.15) is 0 Å². The van der Waals surface area contributed by atoms with Crippen molar-refractivity contribution in [2.75, 3.05) is 46.7 Å². The van der Waals surface area contributed by atoms with Crippen LogP contribution in [0.15, 0.2) is 17.0 Å². The number of ether oxygens (including phenoxy) is 3. The average Bonchev–Trinajstić information content (AvgIpc) is 3.17. The molecule has 0 aromatic carbocycles. The van der Waals surface area contributed by atoms with Crippen molar-refractivity contribution >= 4 is 56.6 Å². The Kier molecular flexibility index (Phi) is 8.62. The van der Waals surface area contributed by atoms with Crippen LogP contribution in [0, 0.1) is 10.1 Å². The molecule has 8 nitrogen and oxygen atoms in total. The predicted octanol–water partition coefficient (Wildman–Crippen LogP) is 2.54. The van der Waals surface area contributed by atoms with Crippen LogP contribution in [0.25, 0.3) is 6.08 Å². The summed E-state index contributed by atoms with van der Waals surface area (Å²) in [6, 6.07) is 3.03. The van der Waals surface area contributed by atoms with E-state index in [-0.39, 0.29) is 10.9 Å². The minimum atomic E-state index is -0.455. The molecular formula is C15H18N2O6S3. The second-order valence-corrected chi connectivity index (χ2v) is 7.75. The van der Waals surface area contributed by atoms with Crippen molar-refractivity contribution in [2.24, 2.45) is 0 Å². The molecule has 1 saturated heterocycles. The molecule has 0 aliphatic carbocycles. The number of methoxy groups -OCH3 is 1. The van der Waals surface area contributed by atoms with Crippen molar-refractivity contribution in [1.82, 2.24) is 4.90 Å². The van der Waals surface area contributed by atoms with E-state index in [1.54, 1.807) is 19.3 Å². The fourth-order valence-electron chi connectivity index (χ4n) is 1.96. The maximum Gasteiger partial charge on any atom is 0.324 e. The van der Waals surface area contributed by atoms with Crippen molar-refractivity contribution < 1.29 is 23.9 Å². The largest absolute Gasteiger partial charge is 0.382 e. The monoisotopic (exact) mass is 418 g/mol. The van der Waals surface area contributed by atoms with Gasteiger partial charge in [-0.1, -0.05) is 35.3 Å². The first-order valence-electron chi connectivity index (χ1n) is 7.67. The van der Waals surface area contributed by atoms with E-state index in [9.17, 15) is 14.9 Å². The van der Waals surface area contributed by atoms with Crippen LogP contribution in [0.2, 0.25) is 0 Å². The summed E-state index contributed by atoms with van der Waals surface area (Å²) in [5.41, 5.74) is 0. The van der Waals surface area contributed by atoms with Crippen LogP contribution in [-0.4, -0.2) is 66.7 Å². The molecule has 0 saturated carbocycles. The van der Waals surface area contributed by atoms with Gasteiger partial charge in [0.1, 0.15) is 4.32 Å². The smallest absolute Gasteiger partial charge is 0.324 e. The van der Waals surface area contributed by atoms with Crippen molar-refractivity contribution in [1.29, 1.82) is 0 Å². The highest BCUT2D eigenvalue weighted by Gasteiger charge is 2.31. The highest BCUT2D eigenvalue weighted by atomic mass is 32.2. The molecule has 1 aromatic rings. The summed E-state index contributed by atoms with van der Waals surface area (Å²) in [6.45, 7) is 2.63. The summed E-state index contributed by atoms with van der Waals surface area (Å²) in [6.07, 6.45) is 1.63. The number of rotatable bonds is 11. The molecule has 11 heteroatoms. The molecule has 2 rings (SSSR count). The van der Waals surface area contributed by atoms with E-state index in [2.05, 4.69) is 0 Å². The zero-order valence-electron chi connectivity index (χ0n) is 14.0. The number of nitrogens with zero attached hydrogens (tertiary/aromatic N) is 2. The minimum Gasteiger partial charge on any atom is -0.382 e. The van der Waals surface area contributed by atoms with Gasteiger partial charge in [0.2, 0.25) is 0 Å². The SMILES string of the molecule is COCCOCCOCCN1C(=O)/C(=C/c2ccc([N+](=O)[O-])s2)SC1=S. The first-order valence-corrected chi connectivity index (χ1v) is 9.71. The third kappa shape index (κ3) is 6.11. The Morgan fingerprint density at radius 2 is 1.92 bits per heavy atom. The van der Waals surface area contributed by atoms with Gasteiger partial charge >= 0.3 is 5.00 Å². The number of thiophene rings is 1. The Labute approximate surface area is 164 Å². The zero-order valence-corrected chi connectivity index (χ0v) is 16.5. The molecule has 1 aliphatic rings. The molecule has 142 valence electrons. The van der Waals surface area contributed by atoms with Gasteiger partial charge in [0.25, 0.3) is 5.91 Å². The fourth-order valence-corrected chi connectivity index (χ4v) is 4.10. The molecule has 1 aromatic heterocycles. The standard InChI is InChI=1S/C15H18N2O6S3/c1-21-6-7-23-9-8-22-5-4-16-14(18)12(26-15(16)24)10-11-2-3-13(25-11)17(19)20/h2-3,10H,4-9H2,1H3/b12-10-. The van der Waals surface area contributed by atoms with Crippen LogP contribution in [0.5, 0.6) is 0 Å². The van der Waals surface area contributed by atoms with Crippen molar-refractivity contribution in [3.63, 3.8) is 0 Å². The Morgan fingerprint density at radius 3 is 2.58 bits per heavy atom. The van der Waals surface area contributed by atoms with E-state index in [1.807, 2.05) is 0 Å². The predicted molar refractivity (Wildman–Crippen MR) is 104 cm³/mol. The summed E-state index contributed by atoms with van der Waals surface area (Å²) >= 11 is 7.43. The number of amides is 1. The highest BCUT2D eigenvalue weighted by molar-refractivity contribution is 8.26. The third-order valence-corrected chi connectivity index (χ3v) is 5.56. The normalized spacial score (nSPS) is 16.0. The van der Waals surface area contributed by atoms with Gasteiger partial charge in [-0.3, -0.25) is 19.8 Å². The third-order valence-electron chi connectivity index (χ3n) is 3.20. The molecule has 2 heterocycles. The second-order valence-electron chi connectivity index (χ2n) is 4.98. The first kappa shape index (κ1) is 20.9. The number of thiocarbonyl (C=S) groups is 1. The van der Waals surface area contributed by atoms with E-state index < -0.39 is 4.92 Å². The summed E-state index contributed by atoms with van der Waals surface area (Å²) in [5, 5.41) is 10.8. The van der Waals surface area contributed by atoms with Gasteiger partial charge in [0.05, 0.1) is 49.4 Å². The summed E-state index contributed by atoms with van der Waals surface area (Å²) in [7, 11) is 1.61. The van der Waals surface area contributed by atoms with Gasteiger partial charge < -0.3 is 14.2 Å². The maximum atomic E-state index is 12.4. The summed E-state index contributed by atoms with van der Waals surface area (Å²) in [5.74, 6) is -0.212. The number of hydrogen-bond acceptors (Lipinski definition) is 9. The zero-order chi connectivity index (χ0) is 18.9. The van der Waals surface area contributed by atoms with Crippen LogP contribution in [0.1, 0.15) is 4.88 Å². The maximum absolute atomic E-state index is 12.4. The Bertz CT molecular complexity index is 691. The number of nitro groups is 1. The fraction of sp³-hybridized carbons (Fsp3) is 0.467. The number of hydrogen-bond donors (Lipinski definition) is 0. The quantitative estimate of drug-likeness (QED) is 0.178.